The molecule has 2 aliphatic rings. The lowest BCUT2D eigenvalue weighted by Crippen LogP contribution is -2.38. The Morgan fingerprint density at radius 1 is 0.886 bits per heavy atom. The third-order valence-electron chi connectivity index (χ3n) is 6.21. The van der Waals surface area contributed by atoms with Gasteiger partial charge in [0.1, 0.15) is 17.3 Å². The lowest BCUT2D eigenvalue weighted by Gasteiger charge is -2.25. The first-order valence-electron chi connectivity index (χ1n) is 11.5. The molecule has 180 valence electrons. The number of amidine groups is 1. The molecule has 0 N–H and O–H groups in total. The Morgan fingerprint density at radius 2 is 1.66 bits per heavy atom. The highest BCUT2D eigenvalue weighted by atomic mass is 19.4. The molecular weight excluding hydrogens is 455 g/mol. The molecule has 5 rings (SSSR count). The number of halogens is 3. The molecule has 5 nitrogen and oxygen atoms in total. The number of nitrogens with zero attached hydrogens (tertiary/aromatic N) is 3. The van der Waals surface area contributed by atoms with E-state index in [1.807, 2.05) is 58.3 Å². The highest BCUT2D eigenvalue weighted by Crippen LogP contribution is 2.41. The molecule has 1 fully saturated rings. The summed E-state index contributed by atoms with van der Waals surface area (Å²) in [6.45, 7) is 2.25. The number of carbonyl (C=O) groups is 1. The Balaban J connectivity index is 1.42. The van der Waals surface area contributed by atoms with Crippen LogP contribution in [0.15, 0.2) is 77.8 Å². The van der Waals surface area contributed by atoms with Gasteiger partial charge in [-0.05, 0) is 42.3 Å². The van der Waals surface area contributed by atoms with E-state index in [0.717, 1.165) is 24.1 Å². The van der Waals surface area contributed by atoms with Crippen LogP contribution < -0.4 is 4.74 Å². The van der Waals surface area contributed by atoms with E-state index in [0.29, 0.717) is 49.7 Å². The van der Waals surface area contributed by atoms with Gasteiger partial charge in [0.25, 0.3) is 0 Å². The molecule has 3 aromatic rings. The topological polar surface area (TPSA) is 45.1 Å². The number of aliphatic imine (C=N–C) groups is 1. The molecule has 1 amide bonds. The van der Waals surface area contributed by atoms with Gasteiger partial charge in [-0.2, -0.15) is 13.2 Å². The van der Waals surface area contributed by atoms with Crippen LogP contribution in [0.4, 0.5) is 18.9 Å². The third-order valence-corrected chi connectivity index (χ3v) is 6.21. The summed E-state index contributed by atoms with van der Waals surface area (Å²) in [6.07, 6.45) is -3.42. The fraction of sp³-hybridized carbons (Fsp3) is 0.259. The molecule has 8 heteroatoms. The zero-order valence-corrected chi connectivity index (χ0v) is 19.0. The summed E-state index contributed by atoms with van der Waals surface area (Å²) >= 11 is 0. The van der Waals surface area contributed by atoms with Crippen molar-refractivity contribution >= 4 is 17.4 Å². The van der Waals surface area contributed by atoms with Crippen molar-refractivity contribution in [3.05, 3.63) is 89.5 Å². The first kappa shape index (κ1) is 23.0. The Kier molecular flexibility index (Phi) is 6.19. The number of hydrogen-bond donors (Lipinski definition) is 0. The molecule has 1 saturated heterocycles. The van der Waals surface area contributed by atoms with Gasteiger partial charge in [0, 0.05) is 26.2 Å². The molecule has 35 heavy (non-hydrogen) atoms. The van der Waals surface area contributed by atoms with Gasteiger partial charge in [-0.1, -0.05) is 42.5 Å². The minimum atomic E-state index is -4.48. The largest absolute Gasteiger partial charge is 0.454 e. The Labute approximate surface area is 201 Å². The number of ether oxygens (including phenoxy) is 1. The van der Waals surface area contributed by atoms with E-state index >= 15 is 0 Å². The molecule has 3 aromatic carbocycles. The van der Waals surface area contributed by atoms with Gasteiger partial charge in [-0.3, -0.25) is 4.79 Å². The molecule has 0 unspecified atom stereocenters. The fourth-order valence-electron chi connectivity index (χ4n) is 4.40. The maximum Gasteiger partial charge on any atom is 0.416 e. The normalized spacial score (nSPS) is 15.8. The van der Waals surface area contributed by atoms with Crippen molar-refractivity contribution < 1.29 is 22.7 Å². The van der Waals surface area contributed by atoms with Crippen molar-refractivity contribution in [1.29, 1.82) is 0 Å². The highest BCUT2D eigenvalue weighted by molar-refractivity contribution is 6.03. The van der Waals surface area contributed by atoms with Crippen LogP contribution >= 0.6 is 0 Å². The Bertz CT molecular complexity index is 1260. The van der Waals surface area contributed by atoms with E-state index in [1.54, 1.807) is 6.07 Å². The molecule has 0 atom stereocenters. The van der Waals surface area contributed by atoms with Crippen LogP contribution in [0.5, 0.6) is 11.5 Å². The zero-order valence-electron chi connectivity index (χ0n) is 19.0. The number of rotatable bonds is 2. The number of para-hydroxylation sites is 1. The van der Waals surface area contributed by atoms with E-state index in [1.165, 1.54) is 6.07 Å². The van der Waals surface area contributed by atoms with Gasteiger partial charge in [0.05, 0.1) is 17.5 Å². The molecule has 2 aliphatic heterocycles. The quantitative estimate of drug-likeness (QED) is 0.476. The van der Waals surface area contributed by atoms with Crippen molar-refractivity contribution in [2.75, 3.05) is 26.2 Å². The second-order valence-corrected chi connectivity index (χ2v) is 8.60. The first-order valence-corrected chi connectivity index (χ1v) is 11.5. The van der Waals surface area contributed by atoms with E-state index in [-0.39, 0.29) is 17.3 Å². The zero-order chi connectivity index (χ0) is 24.4. The summed E-state index contributed by atoms with van der Waals surface area (Å²) in [5, 5.41) is 0. The van der Waals surface area contributed by atoms with E-state index in [9.17, 15) is 18.0 Å². The number of benzene rings is 3. The standard InChI is InChI=1S/C27H24F3N3O2/c28-27(29,30)20-11-12-24-22(18-20)31-26(21-9-4-5-10-23(21)35-24)33-14-6-13-32(15-16-33)25(34)17-19-7-2-1-3-8-19/h1-5,7-12,18H,6,13-17H2. The summed E-state index contributed by atoms with van der Waals surface area (Å²) in [4.78, 5) is 21.5. The lowest BCUT2D eigenvalue weighted by atomic mass is 10.1. The average Bonchev–Trinajstić information content (AvgIpc) is 3.18. The summed E-state index contributed by atoms with van der Waals surface area (Å²) in [5.41, 5.74) is 1.03. The third kappa shape index (κ3) is 5.01. The minimum Gasteiger partial charge on any atom is -0.454 e. The molecule has 0 spiro atoms. The molecular formula is C27H24F3N3O2. The number of hydrogen-bond acceptors (Lipinski definition) is 4. The molecule has 0 radical (unpaired) electrons. The maximum absolute atomic E-state index is 13.4. The van der Waals surface area contributed by atoms with Crippen molar-refractivity contribution in [2.24, 2.45) is 4.99 Å². The second kappa shape index (κ2) is 9.44. The monoisotopic (exact) mass is 479 g/mol. The van der Waals surface area contributed by atoms with Crippen LogP contribution in [0.1, 0.15) is 23.1 Å². The molecule has 2 heterocycles. The molecule has 0 bridgehead atoms. The van der Waals surface area contributed by atoms with Crippen molar-refractivity contribution in [1.82, 2.24) is 9.80 Å². The number of amides is 1. The van der Waals surface area contributed by atoms with Crippen LogP contribution in [0.25, 0.3) is 0 Å². The lowest BCUT2D eigenvalue weighted by molar-refractivity contribution is -0.137. The van der Waals surface area contributed by atoms with Crippen LogP contribution in [0, 0.1) is 0 Å². The Morgan fingerprint density at radius 3 is 2.46 bits per heavy atom. The summed E-state index contributed by atoms with van der Waals surface area (Å²) in [6, 6.07) is 20.3. The number of carbonyl (C=O) groups excluding carboxylic acids is 1. The summed E-state index contributed by atoms with van der Waals surface area (Å²) in [7, 11) is 0. The van der Waals surface area contributed by atoms with Gasteiger partial charge in [-0.25, -0.2) is 4.99 Å². The van der Waals surface area contributed by atoms with E-state index in [2.05, 4.69) is 4.99 Å². The van der Waals surface area contributed by atoms with Crippen molar-refractivity contribution in [3.8, 4) is 11.5 Å². The fourth-order valence-corrected chi connectivity index (χ4v) is 4.40. The van der Waals surface area contributed by atoms with E-state index in [4.69, 9.17) is 4.74 Å². The van der Waals surface area contributed by atoms with Gasteiger partial charge in [0.2, 0.25) is 5.91 Å². The number of alkyl halides is 3. The molecule has 0 aliphatic carbocycles. The minimum absolute atomic E-state index is 0.0600. The van der Waals surface area contributed by atoms with Crippen LogP contribution in [-0.4, -0.2) is 47.7 Å². The number of fused-ring (bicyclic) bond motifs is 2. The molecule has 0 saturated carbocycles. The first-order chi connectivity index (χ1) is 16.9. The van der Waals surface area contributed by atoms with Crippen LogP contribution in [-0.2, 0) is 17.4 Å². The predicted molar refractivity (Wildman–Crippen MR) is 127 cm³/mol. The second-order valence-electron chi connectivity index (χ2n) is 8.60. The maximum atomic E-state index is 13.4. The average molecular weight is 480 g/mol. The van der Waals surface area contributed by atoms with Gasteiger partial charge >= 0.3 is 6.18 Å². The smallest absolute Gasteiger partial charge is 0.416 e. The van der Waals surface area contributed by atoms with Gasteiger partial charge in [0.15, 0.2) is 5.75 Å². The summed E-state index contributed by atoms with van der Waals surface area (Å²) < 4.78 is 46.1. The predicted octanol–water partition coefficient (Wildman–Crippen LogP) is 5.67. The van der Waals surface area contributed by atoms with Gasteiger partial charge in [-0.15, -0.1) is 0 Å². The van der Waals surface area contributed by atoms with Crippen molar-refractivity contribution in [2.45, 2.75) is 19.0 Å². The van der Waals surface area contributed by atoms with E-state index < -0.39 is 11.7 Å². The Hall–Kier alpha value is -3.81. The molecule has 0 aromatic heterocycles. The SMILES string of the molecule is O=C(Cc1ccccc1)N1CCCN(C2=Nc3cc(C(F)(F)F)ccc3Oc3ccccc32)CC1. The highest BCUT2D eigenvalue weighted by Gasteiger charge is 2.32. The van der Waals surface area contributed by atoms with Crippen molar-refractivity contribution in [3.63, 3.8) is 0 Å². The van der Waals surface area contributed by atoms with Crippen LogP contribution in [0.3, 0.4) is 0 Å². The van der Waals surface area contributed by atoms with Crippen LogP contribution in [0.2, 0.25) is 0 Å². The summed E-state index contributed by atoms with van der Waals surface area (Å²) in [5.74, 6) is 1.42. The van der Waals surface area contributed by atoms with Gasteiger partial charge < -0.3 is 14.5 Å².